The van der Waals surface area contributed by atoms with Gasteiger partial charge in [0.05, 0.1) is 0 Å². The Balaban J connectivity index is 4.17. The number of carbonyl (C=O) groups is 2. The molecule has 0 aromatic carbocycles. The van der Waals surface area contributed by atoms with Crippen LogP contribution in [0.2, 0.25) is 0 Å². The number of nitrogens with zero attached hydrogens (tertiary/aromatic N) is 2. The predicted molar refractivity (Wildman–Crippen MR) is 46.2 cm³/mol. The molecule has 0 aliphatic heterocycles. The van der Waals surface area contributed by atoms with E-state index in [4.69, 9.17) is 5.26 Å². The second-order valence-corrected chi connectivity index (χ2v) is 2.00. The number of aliphatic imine (C=N–C) groups is 1. The van der Waals surface area contributed by atoms with Gasteiger partial charge in [-0.3, -0.25) is 15.1 Å². The smallest absolute Gasteiger partial charge is 0.321 e. The van der Waals surface area contributed by atoms with Crippen molar-refractivity contribution in [3.05, 3.63) is 0 Å². The zero-order valence-corrected chi connectivity index (χ0v) is 7.42. The summed E-state index contributed by atoms with van der Waals surface area (Å²) in [7, 11) is 1.30. The molecule has 0 bridgehead atoms. The van der Waals surface area contributed by atoms with Crippen LogP contribution in [-0.2, 0) is 4.79 Å². The van der Waals surface area contributed by atoms with Crippen molar-refractivity contribution in [2.24, 2.45) is 4.99 Å². The van der Waals surface area contributed by atoms with E-state index in [1.165, 1.54) is 7.05 Å². The molecule has 0 aromatic rings. The zero-order chi connectivity index (χ0) is 10.3. The zero-order valence-electron chi connectivity index (χ0n) is 7.42. The van der Waals surface area contributed by atoms with Crippen LogP contribution in [0.25, 0.3) is 0 Å². The molecular formula is C7H10N4O2. The fourth-order valence-corrected chi connectivity index (χ4v) is 0.569. The topological polar surface area (TPSA) is 94.4 Å². The molecule has 70 valence electrons. The minimum atomic E-state index is -0.795. The molecule has 0 saturated carbocycles. The number of hydrogen-bond acceptors (Lipinski definition) is 4. The maximum atomic E-state index is 11.0. The number of rotatable bonds is 2. The maximum Gasteiger partial charge on any atom is 0.321 e. The summed E-state index contributed by atoms with van der Waals surface area (Å²) in [6, 6.07) is 0.922. The summed E-state index contributed by atoms with van der Waals surface area (Å²) >= 11 is 0. The number of urea groups is 1. The highest BCUT2D eigenvalue weighted by atomic mass is 16.2. The van der Waals surface area contributed by atoms with Gasteiger partial charge < -0.3 is 5.32 Å². The molecular weight excluding hydrogens is 172 g/mol. The van der Waals surface area contributed by atoms with E-state index >= 15 is 0 Å². The van der Waals surface area contributed by atoms with Crippen LogP contribution in [0.4, 0.5) is 4.79 Å². The Kier molecular flexibility index (Phi) is 4.88. The molecule has 0 aromatic heterocycles. The number of nitrogens with one attached hydrogen (secondary N) is 2. The normalized spacial score (nSPS) is 10.1. The van der Waals surface area contributed by atoms with E-state index in [-0.39, 0.29) is 5.71 Å². The average Bonchev–Trinajstić information content (AvgIpc) is 2.06. The third-order valence-corrected chi connectivity index (χ3v) is 1.11. The lowest BCUT2D eigenvalue weighted by Gasteiger charge is -2.01. The van der Waals surface area contributed by atoms with Gasteiger partial charge >= 0.3 is 6.03 Å². The van der Waals surface area contributed by atoms with Crippen LogP contribution in [0.3, 0.4) is 0 Å². The summed E-state index contributed by atoms with van der Waals surface area (Å²) in [4.78, 5) is 25.1. The second-order valence-electron chi connectivity index (χ2n) is 2.00. The van der Waals surface area contributed by atoms with Crippen molar-refractivity contribution in [1.29, 1.82) is 5.26 Å². The van der Waals surface area contributed by atoms with Gasteiger partial charge in [0.1, 0.15) is 6.07 Å². The van der Waals surface area contributed by atoms with Crippen LogP contribution >= 0.6 is 0 Å². The molecule has 3 amide bonds. The average molecular weight is 182 g/mol. The van der Waals surface area contributed by atoms with Crippen molar-refractivity contribution in [2.45, 2.75) is 6.92 Å². The van der Waals surface area contributed by atoms with Gasteiger partial charge in [0, 0.05) is 13.6 Å². The molecule has 2 N–H and O–H groups in total. The minimum Gasteiger partial charge on any atom is -0.338 e. The number of amides is 3. The molecule has 0 aliphatic carbocycles. The molecule has 13 heavy (non-hydrogen) atoms. The Morgan fingerprint density at radius 1 is 1.54 bits per heavy atom. The molecule has 0 fully saturated rings. The first-order chi connectivity index (χ1) is 6.15. The fourth-order valence-electron chi connectivity index (χ4n) is 0.569. The molecule has 0 rings (SSSR count). The summed E-state index contributed by atoms with van der Waals surface area (Å²) in [5.74, 6) is -0.795. The largest absolute Gasteiger partial charge is 0.338 e. The van der Waals surface area contributed by atoms with Crippen molar-refractivity contribution in [3.63, 3.8) is 0 Å². The van der Waals surface area contributed by atoms with Crippen molar-refractivity contribution in [3.8, 4) is 6.07 Å². The lowest BCUT2D eigenvalue weighted by atomic mass is 10.4. The summed E-state index contributed by atoms with van der Waals surface area (Å²) in [6.45, 7) is 2.12. The van der Waals surface area contributed by atoms with E-state index in [1.54, 1.807) is 13.0 Å². The lowest BCUT2D eigenvalue weighted by molar-refractivity contribution is -0.113. The Morgan fingerprint density at radius 2 is 2.15 bits per heavy atom. The minimum absolute atomic E-state index is 0.328. The second kappa shape index (κ2) is 5.71. The molecule has 0 heterocycles. The molecule has 6 heteroatoms. The van der Waals surface area contributed by atoms with Crippen molar-refractivity contribution >= 4 is 17.6 Å². The van der Waals surface area contributed by atoms with Gasteiger partial charge in [-0.25, -0.2) is 4.79 Å². The van der Waals surface area contributed by atoms with Crippen molar-refractivity contribution in [1.82, 2.24) is 10.6 Å². The summed E-state index contributed by atoms with van der Waals surface area (Å²) in [5.41, 5.74) is -0.328. The monoisotopic (exact) mass is 182 g/mol. The first kappa shape index (κ1) is 11.1. The Hall–Kier alpha value is -1.90. The van der Waals surface area contributed by atoms with Gasteiger partial charge in [-0.2, -0.15) is 5.26 Å². The molecule has 0 aliphatic rings. The third kappa shape index (κ3) is 3.86. The maximum absolute atomic E-state index is 11.0. The SMILES string of the molecule is CCNC(=O)NC(=O)C(C#N)=NC. The van der Waals surface area contributed by atoms with E-state index < -0.39 is 11.9 Å². The van der Waals surface area contributed by atoms with Crippen LogP contribution in [0.15, 0.2) is 4.99 Å². The van der Waals surface area contributed by atoms with Crippen molar-refractivity contribution < 1.29 is 9.59 Å². The Morgan fingerprint density at radius 3 is 2.54 bits per heavy atom. The highest BCUT2D eigenvalue weighted by Gasteiger charge is 2.12. The predicted octanol–water partition coefficient (Wildman–Crippen LogP) is -0.574. The van der Waals surface area contributed by atoms with Gasteiger partial charge in [0.25, 0.3) is 5.91 Å². The Labute approximate surface area is 75.6 Å². The molecule has 0 spiro atoms. The van der Waals surface area contributed by atoms with Crippen molar-refractivity contribution in [2.75, 3.05) is 13.6 Å². The molecule has 6 nitrogen and oxygen atoms in total. The van der Waals surface area contributed by atoms with Crippen LogP contribution < -0.4 is 10.6 Å². The number of carbonyl (C=O) groups excluding carboxylic acids is 2. The molecule has 0 saturated heterocycles. The number of hydrogen-bond donors (Lipinski definition) is 2. The van der Waals surface area contributed by atoms with Crippen LogP contribution in [0.5, 0.6) is 0 Å². The van der Waals surface area contributed by atoms with E-state index in [0.717, 1.165) is 0 Å². The van der Waals surface area contributed by atoms with Gasteiger partial charge in [-0.1, -0.05) is 0 Å². The standard InChI is InChI=1S/C7H10N4O2/c1-3-10-7(13)11-6(12)5(4-8)9-2/h3H2,1-2H3,(H2,10,11,12,13). The quantitative estimate of drug-likeness (QED) is 0.559. The number of nitriles is 1. The third-order valence-electron chi connectivity index (χ3n) is 1.11. The van der Waals surface area contributed by atoms with Gasteiger partial charge in [-0.15, -0.1) is 0 Å². The molecule has 0 radical (unpaired) electrons. The summed E-state index contributed by atoms with van der Waals surface area (Å²) in [5, 5.41) is 12.7. The van der Waals surface area contributed by atoms with Gasteiger partial charge in [0.15, 0.2) is 0 Å². The fraction of sp³-hybridized carbons (Fsp3) is 0.429. The van der Waals surface area contributed by atoms with Gasteiger partial charge in [-0.05, 0) is 6.92 Å². The number of imide groups is 1. The Bertz CT molecular complexity index is 277. The van der Waals surface area contributed by atoms with E-state index in [9.17, 15) is 9.59 Å². The van der Waals surface area contributed by atoms with Gasteiger partial charge in [0.2, 0.25) is 5.71 Å². The summed E-state index contributed by atoms with van der Waals surface area (Å²) < 4.78 is 0. The lowest BCUT2D eigenvalue weighted by Crippen LogP contribution is -2.42. The molecule has 0 atom stereocenters. The van der Waals surface area contributed by atoms with E-state index in [2.05, 4.69) is 10.3 Å². The van der Waals surface area contributed by atoms with Crippen LogP contribution in [-0.4, -0.2) is 31.2 Å². The first-order valence-corrected chi connectivity index (χ1v) is 3.61. The first-order valence-electron chi connectivity index (χ1n) is 3.61. The molecule has 0 unspecified atom stereocenters. The highest BCUT2D eigenvalue weighted by Crippen LogP contribution is 1.76. The van der Waals surface area contributed by atoms with E-state index in [1.807, 2.05) is 5.32 Å². The van der Waals surface area contributed by atoms with E-state index in [0.29, 0.717) is 6.54 Å². The van der Waals surface area contributed by atoms with Crippen LogP contribution in [0, 0.1) is 11.3 Å². The highest BCUT2D eigenvalue weighted by molar-refractivity contribution is 6.46. The van der Waals surface area contributed by atoms with Crippen LogP contribution in [0.1, 0.15) is 6.92 Å². The summed E-state index contributed by atoms with van der Waals surface area (Å²) in [6.07, 6.45) is 0.